The minimum absolute atomic E-state index is 0.525. The molecule has 0 N–H and O–H groups in total. The van der Waals surface area contributed by atoms with E-state index in [0.29, 0.717) is 44.4 Å². The van der Waals surface area contributed by atoms with Crippen LogP contribution >= 0.6 is 0 Å². The van der Waals surface area contributed by atoms with Crippen molar-refractivity contribution in [3.05, 3.63) is 94.4 Å². The second-order valence-corrected chi connectivity index (χ2v) is 24.7. The van der Waals surface area contributed by atoms with Crippen LogP contribution in [0, 0.1) is 46.6 Å². The van der Waals surface area contributed by atoms with Gasteiger partial charge in [0.1, 0.15) is 27.3 Å². The van der Waals surface area contributed by atoms with E-state index in [2.05, 4.69) is 141 Å². The smallest absolute Gasteiger partial charge is 0.124 e. The van der Waals surface area contributed by atoms with Gasteiger partial charge in [-0.2, -0.15) is 0 Å². The number of rotatable bonds is 6. The molecule has 0 aliphatic rings. The average molecular weight is 613 g/mol. The number of hydrogen-bond acceptors (Lipinski definition) is 0. The van der Waals surface area contributed by atoms with Gasteiger partial charge in [-0.3, -0.25) is 0 Å². The van der Waals surface area contributed by atoms with Crippen LogP contribution in [0.1, 0.15) is 94.2 Å². The molecule has 0 aliphatic carbocycles. The van der Waals surface area contributed by atoms with E-state index < -0.39 is 16.1 Å². The van der Waals surface area contributed by atoms with Crippen molar-refractivity contribution >= 4 is 16.1 Å². The molecule has 0 radical (unpaired) electrons. The summed E-state index contributed by atoms with van der Waals surface area (Å²) in [7, 11) is -3.93. The van der Waals surface area contributed by atoms with Crippen molar-refractivity contribution in [1.29, 1.82) is 0 Å². The molecule has 0 amide bonds. The van der Waals surface area contributed by atoms with E-state index in [1.54, 1.807) is 0 Å². The minimum Gasteiger partial charge on any atom is -0.124 e. The van der Waals surface area contributed by atoms with Crippen molar-refractivity contribution in [3.8, 4) is 46.6 Å². The van der Waals surface area contributed by atoms with Gasteiger partial charge in [-0.1, -0.05) is 143 Å². The van der Waals surface area contributed by atoms with Gasteiger partial charge in [-0.15, -0.1) is 11.1 Å². The summed E-state index contributed by atoms with van der Waals surface area (Å²) in [5.41, 5.74) is 20.7. The first-order valence-electron chi connectivity index (χ1n) is 16.2. The second-order valence-electron chi connectivity index (χ2n) is 13.5. The highest BCUT2D eigenvalue weighted by Gasteiger charge is 2.42. The Morgan fingerprint density at radius 2 is 0.682 bits per heavy atom. The predicted octanol–water partition coefficient (Wildman–Crippen LogP) is 11.1. The summed E-state index contributed by atoms with van der Waals surface area (Å²) < 4.78 is 0. The lowest BCUT2D eigenvalue weighted by Crippen LogP contribution is -2.43. The van der Waals surface area contributed by atoms with Gasteiger partial charge < -0.3 is 0 Å². The first-order valence-corrected chi connectivity index (χ1v) is 20.7. The van der Waals surface area contributed by atoms with E-state index in [4.69, 9.17) is 0 Å². The number of benzene rings is 2. The maximum Gasteiger partial charge on any atom is 0.146 e. The van der Waals surface area contributed by atoms with E-state index in [1.807, 2.05) is 60.7 Å². The summed E-state index contributed by atoms with van der Waals surface area (Å²) in [5, 5.41) is 0. The molecule has 0 saturated heterocycles. The summed E-state index contributed by atoms with van der Waals surface area (Å²) in [5.74, 6) is 20.3. The lowest BCUT2D eigenvalue weighted by Gasteiger charge is -2.38. The van der Waals surface area contributed by atoms with Crippen molar-refractivity contribution in [1.82, 2.24) is 0 Å². The Labute approximate surface area is 272 Å². The summed E-state index contributed by atoms with van der Waals surface area (Å²) in [4.78, 5) is 0. The Morgan fingerprint density at radius 3 is 0.932 bits per heavy atom. The zero-order chi connectivity index (χ0) is 32.9. The van der Waals surface area contributed by atoms with E-state index in [-0.39, 0.29) is 0 Å². The van der Waals surface area contributed by atoms with Crippen LogP contribution in [-0.4, -0.2) is 16.1 Å². The van der Waals surface area contributed by atoms with Crippen LogP contribution in [0.25, 0.3) is 0 Å². The molecule has 228 valence electrons. The van der Waals surface area contributed by atoms with Crippen molar-refractivity contribution in [3.63, 3.8) is 0 Å². The fourth-order valence-electron chi connectivity index (χ4n) is 6.83. The Bertz CT molecular complexity index is 1420. The quantitative estimate of drug-likeness (QED) is 0.173. The lowest BCUT2D eigenvalue weighted by molar-refractivity contribution is 0.838. The number of allylic oxidation sites excluding steroid dienone is 2. The molecule has 0 atom stereocenters. The lowest BCUT2D eigenvalue weighted by atomic mass is 10.2. The second kappa shape index (κ2) is 17.0. The fourth-order valence-corrected chi connectivity index (χ4v) is 17.2. The molecule has 0 nitrogen and oxygen atoms in total. The molecule has 2 heteroatoms. The predicted molar refractivity (Wildman–Crippen MR) is 198 cm³/mol. The SMILES string of the molecule is CC(C)[Si](C#CC(=C=C=C(C#Cc1ccccc1)C#C[Si](C(C)C)(C(C)C)C(C)C)C#Cc1ccccc1)(C(C)C)C(C)C. The molecule has 44 heavy (non-hydrogen) atoms. The molecule has 0 bridgehead atoms. The van der Waals surface area contributed by atoms with Gasteiger partial charge in [0, 0.05) is 11.1 Å². The van der Waals surface area contributed by atoms with Gasteiger partial charge in [0.25, 0.3) is 0 Å². The van der Waals surface area contributed by atoms with Gasteiger partial charge in [0.15, 0.2) is 0 Å². The van der Waals surface area contributed by atoms with Gasteiger partial charge >= 0.3 is 0 Å². The van der Waals surface area contributed by atoms with Gasteiger partial charge in [-0.25, -0.2) is 0 Å². The topological polar surface area (TPSA) is 0 Å². The van der Waals surface area contributed by atoms with E-state index in [1.165, 1.54) is 0 Å². The highest BCUT2D eigenvalue weighted by Crippen LogP contribution is 2.41. The van der Waals surface area contributed by atoms with Crippen molar-refractivity contribution < 1.29 is 0 Å². The van der Waals surface area contributed by atoms with Crippen molar-refractivity contribution in [2.75, 3.05) is 0 Å². The third-order valence-corrected chi connectivity index (χ3v) is 21.6. The number of hydrogen-bond donors (Lipinski definition) is 0. The standard InChI is InChI=1S/C42H52Si2/c1-33(2)43(34(3)4,35(5)6)31-29-41(25-23-39-19-15-13-16-20-39)27-28-42(26-24-40-21-17-14-18-22-40)30-32-44(36(7)8,37(9)10)38(11)12/h13-22,33-38H,1-12H3. The largest absolute Gasteiger partial charge is 0.146 e. The van der Waals surface area contributed by atoms with Gasteiger partial charge in [0.05, 0.1) is 0 Å². The average Bonchev–Trinajstić information content (AvgIpc) is 2.96. The monoisotopic (exact) mass is 612 g/mol. The summed E-state index contributed by atoms with van der Waals surface area (Å²) >= 11 is 0. The summed E-state index contributed by atoms with van der Waals surface area (Å²) in [6, 6.07) is 20.1. The summed E-state index contributed by atoms with van der Waals surface area (Å²) in [6.07, 6.45) is 0. The third-order valence-electron chi connectivity index (χ3n) is 9.06. The third kappa shape index (κ3) is 9.45. The molecule has 0 aromatic heterocycles. The zero-order valence-corrected chi connectivity index (χ0v) is 31.2. The molecule has 0 fully saturated rings. The minimum atomic E-state index is -1.97. The van der Waals surface area contributed by atoms with Crippen LogP contribution in [0.4, 0.5) is 0 Å². The molecule has 2 aromatic carbocycles. The van der Waals surface area contributed by atoms with Gasteiger partial charge in [0.2, 0.25) is 0 Å². The van der Waals surface area contributed by atoms with Crippen molar-refractivity contribution in [2.24, 2.45) is 0 Å². The molecule has 0 heterocycles. The van der Waals surface area contributed by atoms with Crippen LogP contribution in [0.3, 0.4) is 0 Å². The Balaban J connectivity index is 2.99. The molecule has 2 rings (SSSR count). The fraction of sp³-hybridized carbons (Fsp3) is 0.429. The van der Waals surface area contributed by atoms with Crippen molar-refractivity contribution in [2.45, 2.75) is 116 Å². The molecule has 2 aromatic rings. The van der Waals surface area contributed by atoms with E-state index >= 15 is 0 Å². The Morgan fingerprint density at radius 1 is 0.409 bits per heavy atom. The van der Waals surface area contributed by atoms with Crippen LogP contribution < -0.4 is 0 Å². The first-order chi connectivity index (χ1) is 20.8. The molecular formula is C42H52Si2. The van der Waals surface area contributed by atoms with Crippen LogP contribution in [-0.2, 0) is 0 Å². The summed E-state index contributed by atoms with van der Waals surface area (Å²) in [6.45, 7) is 28.0. The molecule has 0 saturated carbocycles. The highest BCUT2D eigenvalue weighted by atomic mass is 28.3. The van der Waals surface area contributed by atoms with Gasteiger partial charge in [-0.05, 0) is 80.8 Å². The molecule has 0 spiro atoms. The maximum atomic E-state index is 3.82. The molecular weight excluding hydrogens is 561 g/mol. The zero-order valence-electron chi connectivity index (χ0n) is 29.2. The van der Waals surface area contributed by atoms with E-state index in [0.717, 1.165) is 11.1 Å². The van der Waals surface area contributed by atoms with Crippen LogP contribution in [0.2, 0.25) is 33.2 Å². The molecule has 0 aliphatic heterocycles. The Hall–Kier alpha value is -3.59. The van der Waals surface area contributed by atoms with Crippen LogP contribution in [0.15, 0.2) is 83.3 Å². The molecule has 0 unspecified atom stereocenters. The van der Waals surface area contributed by atoms with E-state index in [9.17, 15) is 0 Å². The maximum absolute atomic E-state index is 3.82. The first kappa shape index (κ1) is 36.6. The van der Waals surface area contributed by atoms with Crippen LogP contribution in [0.5, 0.6) is 0 Å². The Kier molecular flexibility index (Phi) is 14.2. The normalized spacial score (nSPS) is 11.0. The highest BCUT2D eigenvalue weighted by molar-refractivity contribution is 6.91.